The highest BCUT2D eigenvalue weighted by molar-refractivity contribution is 5.83. The molecule has 1 aromatic carbocycles. The van der Waals surface area contributed by atoms with Crippen LogP contribution in [0.4, 0.5) is 0 Å². The van der Waals surface area contributed by atoms with Gasteiger partial charge in [-0.15, -0.1) is 0 Å². The van der Waals surface area contributed by atoms with Crippen LogP contribution in [0, 0.1) is 0 Å². The summed E-state index contributed by atoms with van der Waals surface area (Å²) in [6.07, 6.45) is 1.92. The van der Waals surface area contributed by atoms with Crippen LogP contribution in [0.2, 0.25) is 0 Å². The summed E-state index contributed by atoms with van der Waals surface area (Å²) in [6.45, 7) is 5.74. The number of nitrogens with one attached hydrogen (secondary N) is 1. The lowest BCUT2D eigenvalue weighted by atomic mass is 10.2. The van der Waals surface area contributed by atoms with Gasteiger partial charge in [-0.2, -0.15) is 0 Å². The molecule has 0 saturated carbocycles. The molecule has 0 bridgehead atoms. The number of carbonyl (C=O) groups excluding carboxylic acids is 1. The third-order valence-corrected chi connectivity index (χ3v) is 3.40. The van der Waals surface area contributed by atoms with Gasteiger partial charge in [0.25, 0.3) is 0 Å². The number of carbonyl (C=O) groups is 1. The number of para-hydroxylation sites is 2. The van der Waals surface area contributed by atoms with E-state index in [-0.39, 0.29) is 11.9 Å². The normalized spacial score (nSPS) is 14.2. The standard InChI is InChI=1S/C15H20N2O3/c1-4-7-10(2)16-14(18)11(3)17-12-8-5-6-9-13(12)20-15(17)19/h5-6,8-11H,4,7H2,1-3H3,(H,16,18). The minimum absolute atomic E-state index is 0.101. The number of amides is 1. The summed E-state index contributed by atoms with van der Waals surface area (Å²) in [5.74, 6) is -0.670. The largest absolute Gasteiger partial charge is 0.420 e. The maximum absolute atomic E-state index is 12.2. The fourth-order valence-electron chi connectivity index (χ4n) is 2.34. The summed E-state index contributed by atoms with van der Waals surface area (Å²) in [7, 11) is 0. The predicted molar refractivity (Wildman–Crippen MR) is 77.7 cm³/mol. The van der Waals surface area contributed by atoms with Crippen molar-refractivity contribution >= 4 is 17.0 Å². The maximum atomic E-state index is 12.2. The van der Waals surface area contributed by atoms with Gasteiger partial charge in [0.05, 0.1) is 5.52 Å². The molecular formula is C15H20N2O3. The average molecular weight is 276 g/mol. The van der Waals surface area contributed by atoms with Gasteiger partial charge in [-0.05, 0) is 32.4 Å². The number of benzene rings is 1. The summed E-state index contributed by atoms with van der Waals surface area (Å²) in [5, 5.41) is 2.92. The number of hydrogen-bond acceptors (Lipinski definition) is 3. The van der Waals surface area contributed by atoms with E-state index in [1.54, 1.807) is 25.1 Å². The second-order valence-electron chi connectivity index (χ2n) is 5.08. The summed E-state index contributed by atoms with van der Waals surface area (Å²) < 4.78 is 6.54. The van der Waals surface area contributed by atoms with Gasteiger partial charge in [-0.3, -0.25) is 9.36 Å². The zero-order chi connectivity index (χ0) is 14.7. The van der Waals surface area contributed by atoms with E-state index in [0.29, 0.717) is 11.1 Å². The molecule has 0 aliphatic carbocycles. The third-order valence-electron chi connectivity index (χ3n) is 3.40. The SMILES string of the molecule is CCCC(C)NC(=O)C(C)n1c(=O)oc2ccccc21. The Morgan fingerprint density at radius 2 is 2.05 bits per heavy atom. The van der Waals surface area contributed by atoms with Gasteiger partial charge < -0.3 is 9.73 Å². The summed E-state index contributed by atoms with van der Waals surface area (Å²) in [4.78, 5) is 24.1. The lowest BCUT2D eigenvalue weighted by molar-refractivity contribution is -0.124. The number of hydrogen-bond donors (Lipinski definition) is 1. The Balaban J connectivity index is 2.27. The first-order valence-electron chi connectivity index (χ1n) is 6.95. The number of oxazole rings is 1. The molecular weight excluding hydrogens is 256 g/mol. The fourth-order valence-corrected chi connectivity index (χ4v) is 2.34. The van der Waals surface area contributed by atoms with Crippen LogP contribution in [0.1, 0.15) is 39.7 Å². The molecule has 20 heavy (non-hydrogen) atoms. The Kier molecular flexibility index (Phi) is 4.27. The third kappa shape index (κ3) is 2.76. The van der Waals surface area contributed by atoms with Crippen LogP contribution in [0.3, 0.4) is 0 Å². The Morgan fingerprint density at radius 1 is 1.35 bits per heavy atom. The van der Waals surface area contributed by atoms with Crippen molar-refractivity contribution in [3.8, 4) is 0 Å². The van der Waals surface area contributed by atoms with Gasteiger partial charge in [0.15, 0.2) is 5.58 Å². The second-order valence-corrected chi connectivity index (χ2v) is 5.08. The molecule has 0 aliphatic rings. The van der Waals surface area contributed by atoms with Crippen molar-refractivity contribution in [1.29, 1.82) is 0 Å². The Morgan fingerprint density at radius 3 is 2.75 bits per heavy atom. The average Bonchev–Trinajstić information content (AvgIpc) is 2.73. The molecule has 1 aromatic heterocycles. The lowest BCUT2D eigenvalue weighted by Crippen LogP contribution is -2.39. The quantitative estimate of drug-likeness (QED) is 0.912. The van der Waals surface area contributed by atoms with Crippen molar-refractivity contribution in [2.75, 3.05) is 0 Å². The molecule has 1 amide bonds. The molecule has 108 valence electrons. The molecule has 1 N–H and O–H groups in total. The maximum Gasteiger partial charge on any atom is 0.420 e. The van der Waals surface area contributed by atoms with E-state index < -0.39 is 11.8 Å². The minimum atomic E-state index is -0.592. The number of fused-ring (bicyclic) bond motifs is 1. The molecule has 5 heteroatoms. The minimum Gasteiger partial charge on any atom is -0.408 e. The number of nitrogens with zero attached hydrogens (tertiary/aromatic N) is 1. The second kappa shape index (κ2) is 5.94. The first-order valence-corrected chi connectivity index (χ1v) is 6.95. The van der Waals surface area contributed by atoms with Gasteiger partial charge in [-0.1, -0.05) is 25.5 Å². The highest BCUT2D eigenvalue weighted by atomic mass is 16.4. The Hall–Kier alpha value is -2.04. The van der Waals surface area contributed by atoms with Crippen LogP contribution >= 0.6 is 0 Å². The van der Waals surface area contributed by atoms with Crippen molar-refractivity contribution in [2.24, 2.45) is 0 Å². The summed E-state index contributed by atoms with van der Waals surface area (Å²) in [5.41, 5.74) is 1.14. The van der Waals surface area contributed by atoms with Gasteiger partial charge in [-0.25, -0.2) is 4.79 Å². The van der Waals surface area contributed by atoms with Gasteiger partial charge in [0, 0.05) is 6.04 Å². The van der Waals surface area contributed by atoms with Gasteiger partial charge in [0.2, 0.25) is 5.91 Å². The molecule has 5 nitrogen and oxygen atoms in total. The van der Waals surface area contributed by atoms with E-state index in [2.05, 4.69) is 12.2 Å². The molecule has 0 fully saturated rings. The molecule has 2 unspecified atom stereocenters. The Bertz CT molecular complexity index is 656. The molecule has 0 aliphatic heterocycles. The lowest BCUT2D eigenvalue weighted by Gasteiger charge is -2.17. The van der Waals surface area contributed by atoms with Crippen molar-refractivity contribution in [3.63, 3.8) is 0 Å². The van der Waals surface area contributed by atoms with E-state index >= 15 is 0 Å². The van der Waals surface area contributed by atoms with E-state index in [1.165, 1.54) is 4.57 Å². The first-order chi connectivity index (χ1) is 9.54. The molecule has 1 heterocycles. The van der Waals surface area contributed by atoms with E-state index in [4.69, 9.17) is 4.42 Å². The van der Waals surface area contributed by atoms with Crippen LogP contribution < -0.4 is 11.1 Å². The highest BCUT2D eigenvalue weighted by Gasteiger charge is 2.21. The monoisotopic (exact) mass is 276 g/mol. The number of aromatic nitrogens is 1. The van der Waals surface area contributed by atoms with Crippen LogP contribution in [-0.2, 0) is 4.79 Å². The molecule has 2 rings (SSSR count). The fraction of sp³-hybridized carbons (Fsp3) is 0.467. The van der Waals surface area contributed by atoms with Crippen molar-refractivity contribution in [1.82, 2.24) is 9.88 Å². The molecule has 2 atom stereocenters. The van der Waals surface area contributed by atoms with Crippen molar-refractivity contribution in [2.45, 2.75) is 45.7 Å². The van der Waals surface area contributed by atoms with Crippen LogP contribution in [0.15, 0.2) is 33.5 Å². The smallest absolute Gasteiger partial charge is 0.408 e. The zero-order valence-corrected chi connectivity index (χ0v) is 12.1. The number of rotatable bonds is 5. The van der Waals surface area contributed by atoms with E-state index in [0.717, 1.165) is 12.8 Å². The van der Waals surface area contributed by atoms with Crippen LogP contribution in [-0.4, -0.2) is 16.5 Å². The highest BCUT2D eigenvalue weighted by Crippen LogP contribution is 2.16. The summed E-state index contributed by atoms with van der Waals surface area (Å²) >= 11 is 0. The molecule has 0 spiro atoms. The van der Waals surface area contributed by atoms with Crippen molar-refractivity contribution in [3.05, 3.63) is 34.8 Å². The van der Waals surface area contributed by atoms with E-state index in [1.807, 2.05) is 13.0 Å². The molecule has 2 aromatic rings. The van der Waals surface area contributed by atoms with Crippen LogP contribution in [0.5, 0.6) is 0 Å². The Labute approximate surface area is 117 Å². The predicted octanol–water partition coefficient (Wildman–Crippen LogP) is 2.46. The molecule has 0 radical (unpaired) electrons. The van der Waals surface area contributed by atoms with Gasteiger partial charge in [0.1, 0.15) is 6.04 Å². The van der Waals surface area contributed by atoms with Crippen molar-refractivity contribution < 1.29 is 9.21 Å². The van der Waals surface area contributed by atoms with Crippen LogP contribution in [0.25, 0.3) is 11.1 Å². The first kappa shape index (κ1) is 14.4. The topological polar surface area (TPSA) is 64.2 Å². The zero-order valence-electron chi connectivity index (χ0n) is 12.1. The molecule has 0 saturated heterocycles. The van der Waals surface area contributed by atoms with E-state index in [9.17, 15) is 9.59 Å². The van der Waals surface area contributed by atoms with Gasteiger partial charge >= 0.3 is 5.76 Å². The summed E-state index contributed by atoms with van der Waals surface area (Å²) in [6, 6.07) is 6.62.